The molecule has 0 aliphatic rings. The van der Waals surface area contributed by atoms with Gasteiger partial charge in [-0.1, -0.05) is 25.1 Å². The number of carbonyl (C=O) groups is 2. The predicted octanol–water partition coefficient (Wildman–Crippen LogP) is 5.22. The highest BCUT2D eigenvalue weighted by atomic mass is 32.1. The molecule has 0 radical (unpaired) electrons. The van der Waals surface area contributed by atoms with Gasteiger partial charge in [-0.3, -0.25) is 14.9 Å². The summed E-state index contributed by atoms with van der Waals surface area (Å²) in [6.07, 6.45) is 4.06. The summed E-state index contributed by atoms with van der Waals surface area (Å²) in [5.41, 5.74) is 3.18. The molecule has 0 atom stereocenters. The topological polar surface area (TPSA) is 89.5 Å². The molecule has 0 bridgehead atoms. The second kappa shape index (κ2) is 11.1. The van der Waals surface area contributed by atoms with Crippen molar-refractivity contribution in [2.75, 3.05) is 24.4 Å². The molecule has 0 unspecified atom stereocenters. The molecule has 0 saturated heterocycles. The number of ether oxygens (including phenoxy) is 2. The Morgan fingerprint density at radius 3 is 2.56 bits per heavy atom. The molecule has 166 valence electrons. The lowest BCUT2D eigenvalue weighted by Gasteiger charge is -2.10. The van der Waals surface area contributed by atoms with Crippen LogP contribution in [0.15, 0.2) is 53.9 Å². The van der Waals surface area contributed by atoms with Crippen LogP contribution in [0.3, 0.4) is 0 Å². The highest BCUT2D eigenvalue weighted by molar-refractivity contribution is 7.14. The highest BCUT2D eigenvalue weighted by Gasteiger charge is 2.08. The molecule has 0 saturated carbocycles. The van der Waals surface area contributed by atoms with Gasteiger partial charge in [0.25, 0.3) is 0 Å². The van der Waals surface area contributed by atoms with Crippen molar-refractivity contribution >= 4 is 40.0 Å². The molecule has 3 aromatic rings. The van der Waals surface area contributed by atoms with Crippen LogP contribution in [0.2, 0.25) is 0 Å². The SMILES string of the molecule is CCCOc1ccc(/C=C/C(=O)Nc2nc(-c3ccc(NC(C)=O)cc3)cs2)cc1OC. The molecule has 0 fully saturated rings. The third-order valence-corrected chi connectivity index (χ3v) is 5.07. The first kappa shape index (κ1) is 23.0. The zero-order valence-electron chi connectivity index (χ0n) is 18.2. The minimum absolute atomic E-state index is 0.122. The summed E-state index contributed by atoms with van der Waals surface area (Å²) in [6, 6.07) is 12.9. The fourth-order valence-electron chi connectivity index (χ4n) is 2.83. The summed E-state index contributed by atoms with van der Waals surface area (Å²) in [4.78, 5) is 27.9. The summed E-state index contributed by atoms with van der Waals surface area (Å²) in [5, 5.41) is 7.87. The van der Waals surface area contributed by atoms with E-state index in [-0.39, 0.29) is 11.8 Å². The molecule has 2 aromatic carbocycles. The van der Waals surface area contributed by atoms with E-state index in [1.54, 1.807) is 13.2 Å². The molecule has 3 rings (SSSR count). The number of aromatic nitrogens is 1. The molecule has 0 aliphatic heterocycles. The summed E-state index contributed by atoms with van der Waals surface area (Å²) >= 11 is 1.34. The van der Waals surface area contributed by atoms with Crippen molar-refractivity contribution in [3.05, 3.63) is 59.5 Å². The first-order valence-electron chi connectivity index (χ1n) is 10.1. The number of amides is 2. The average Bonchev–Trinajstić information content (AvgIpc) is 3.25. The van der Waals surface area contributed by atoms with Crippen molar-refractivity contribution in [2.24, 2.45) is 0 Å². The first-order chi connectivity index (χ1) is 15.5. The summed E-state index contributed by atoms with van der Waals surface area (Å²) in [6.45, 7) is 4.12. The number of methoxy groups -OCH3 is 1. The maximum Gasteiger partial charge on any atom is 0.250 e. The number of carbonyl (C=O) groups excluding carboxylic acids is 2. The minimum Gasteiger partial charge on any atom is -0.493 e. The van der Waals surface area contributed by atoms with E-state index in [9.17, 15) is 9.59 Å². The summed E-state index contributed by atoms with van der Waals surface area (Å²) in [7, 11) is 1.59. The highest BCUT2D eigenvalue weighted by Crippen LogP contribution is 2.29. The minimum atomic E-state index is -0.280. The second-order valence-electron chi connectivity index (χ2n) is 6.88. The molecule has 8 heteroatoms. The Labute approximate surface area is 191 Å². The van der Waals surface area contributed by atoms with E-state index in [1.165, 1.54) is 24.3 Å². The molecule has 7 nitrogen and oxygen atoms in total. The lowest BCUT2D eigenvalue weighted by atomic mass is 10.1. The number of rotatable bonds is 9. The average molecular weight is 452 g/mol. The van der Waals surface area contributed by atoms with Gasteiger partial charge < -0.3 is 14.8 Å². The Morgan fingerprint density at radius 1 is 1.09 bits per heavy atom. The van der Waals surface area contributed by atoms with Crippen molar-refractivity contribution in [1.82, 2.24) is 4.98 Å². The van der Waals surface area contributed by atoms with Crippen LogP contribution >= 0.6 is 11.3 Å². The van der Waals surface area contributed by atoms with Crippen LogP contribution in [-0.2, 0) is 9.59 Å². The largest absolute Gasteiger partial charge is 0.493 e. The van der Waals surface area contributed by atoms with Gasteiger partial charge >= 0.3 is 0 Å². The fourth-order valence-corrected chi connectivity index (χ4v) is 3.55. The molecule has 0 aliphatic carbocycles. The third-order valence-electron chi connectivity index (χ3n) is 4.31. The van der Waals surface area contributed by atoms with E-state index in [4.69, 9.17) is 9.47 Å². The molecular weight excluding hydrogens is 426 g/mol. The van der Waals surface area contributed by atoms with E-state index < -0.39 is 0 Å². The van der Waals surface area contributed by atoms with E-state index in [1.807, 2.05) is 54.8 Å². The summed E-state index contributed by atoms with van der Waals surface area (Å²) in [5.74, 6) is 0.896. The van der Waals surface area contributed by atoms with Crippen LogP contribution in [0.5, 0.6) is 11.5 Å². The lowest BCUT2D eigenvalue weighted by molar-refractivity contribution is -0.114. The van der Waals surface area contributed by atoms with Crippen molar-refractivity contribution in [2.45, 2.75) is 20.3 Å². The lowest BCUT2D eigenvalue weighted by Crippen LogP contribution is -2.07. The van der Waals surface area contributed by atoms with Gasteiger partial charge in [0.15, 0.2) is 16.6 Å². The number of anilines is 2. The van der Waals surface area contributed by atoms with Gasteiger partial charge in [-0.05, 0) is 42.3 Å². The Morgan fingerprint density at radius 2 is 1.88 bits per heavy atom. The van der Waals surface area contributed by atoms with Crippen LogP contribution in [0.4, 0.5) is 10.8 Å². The van der Waals surface area contributed by atoms with Crippen LogP contribution in [0, 0.1) is 0 Å². The maximum absolute atomic E-state index is 12.3. The van der Waals surface area contributed by atoms with Crippen molar-refractivity contribution in [3.8, 4) is 22.8 Å². The van der Waals surface area contributed by atoms with Gasteiger partial charge in [-0.2, -0.15) is 0 Å². The quantitative estimate of drug-likeness (QED) is 0.436. The van der Waals surface area contributed by atoms with E-state index in [2.05, 4.69) is 15.6 Å². The zero-order chi connectivity index (χ0) is 22.9. The predicted molar refractivity (Wildman–Crippen MR) is 128 cm³/mol. The Bertz CT molecular complexity index is 1110. The van der Waals surface area contributed by atoms with Gasteiger partial charge in [-0.15, -0.1) is 11.3 Å². The third kappa shape index (κ3) is 6.42. The van der Waals surface area contributed by atoms with Gasteiger partial charge in [-0.25, -0.2) is 4.98 Å². The number of hydrogen-bond acceptors (Lipinski definition) is 6. The van der Waals surface area contributed by atoms with Gasteiger partial charge in [0, 0.05) is 29.6 Å². The van der Waals surface area contributed by atoms with E-state index in [0.29, 0.717) is 23.2 Å². The Kier molecular flexibility index (Phi) is 7.99. The maximum atomic E-state index is 12.3. The Balaban J connectivity index is 1.61. The first-order valence-corrected chi connectivity index (χ1v) is 11.0. The molecule has 32 heavy (non-hydrogen) atoms. The van der Waals surface area contributed by atoms with Crippen LogP contribution in [0.1, 0.15) is 25.8 Å². The molecular formula is C24H25N3O4S. The van der Waals surface area contributed by atoms with Gasteiger partial charge in [0.05, 0.1) is 19.4 Å². The number of hydrogen-bond donors (Lipinski definition) is 2. The molecule has 0 spiro atoms. The number of thiazole rings is 1. The summed E-state index contributed by atoms with van der Waals surface area (Å²) < 4.78 is 11.0. The van der Waals surface area contributed by atoms with E-state index in [0.717, 1.165) is 28.9 Å². The fraction of sp³-hybridized carbons (Fsp3) is 0.208. The molecule has 1 aromatic heterocycles. The van der Waals surface area contributed by atoms with Crippen LogP contribution in [0.25, 0.3) is 17.3 Å². The Hall–Kier alpha value is -3.65. The number of benzene rings is 2. The van der Waals surface area contributed by atoms with Crippen LogP contribution < -0.4 is 20.1 Å². The smallest absolute Gasteiger partial charge is 0.250 e. The normalized spacial score (nSPS) is 10.7. The monoisotopic (exact) mass is 451 g/mol. The van der Waals surface area contributed by atoms with Crippen LogP contribution in [-0.4, -0.2) is 30.5 Å². The number of nitrogens with zero attached hydrogens (tertiary/aromatic N) is 1. The standard InChI is InChI=1S/C24H25N3O4S/c1-4-13-31-21-11-5-17(14-22(21)30-3)6-12-23(29)27-24-26-20(15-32-24)18-7-9-19(10-8-18)25-16(2)28/h5-12,14-15H,4,13H2,1-3H3,(H,25,28)(H,26,27,29)/b12-6+. The van der Waals surface area contributed by atoms with Gasteiger partial charge in [0.1, 0.15) is 0 Å². The number of nitrogens with one attached hydrogen (secondary N) is 2. The van der Waals surface area contributed by atoms with E-state index >= 15 is 0 Å². The zero-order valence-corrected chi connectivity index (χ0v) is 19.0. The molecule has 1 heterocycles. The molecule has 2 amide bonds. The van der Waals surface area contributed by atoms with Crippen molar-refractivity contribution < 1.29 is 19.1 Å². The van der Waals surface area contributed by atoms with Crippen molar-refractivity contribution in [3.63, 3.8) is 0 Å². The van der Waals surface area contributed by atoms with Crippen molar-refractivity contribution in [1.29, 1.82) is 0 Å². The second-order valence-corrected chi connectivity index (χ2v) is 7.74. The molecule has 2 N–H and O–H groups in total. The van der Waals surface area contributed by atoms with Gasteiger partial charge in [0.2, 0.25) is 11.8 Å².